The third kappa shape index (κ3) is 2.05. The highest BCUT2D eigenvalue weighted by Crippen LogP contribution is 2.28. The van der Waals surface area contributed by atoms with Crippen LogP contribution < -0.4 is 5.56 Å². The van der Waals surface area contributed by atoms with E-state index in [4.69, 9.17) is 0 Å². The van der Waals surface area contributed by atoms with E-state index in [9.17, 15) is 4.79 Å². The van der Waals surface area contributed by atoms with E-state index in [1.807, 2.05) is 4.68 Å². The van der Waals surface area contributed by atoms with Crippen LogP contribution in [0.4, 0.5) is 0 Å². The minimum Gasteiger partial charge on any atom is -0.298 e. The quantitative estimate of drug-likeness (QED) is 0.903. The van der Waals surface area contributed by atoms with Crippen LogP contribution in [-0.2, 0) is 6.42 Å². The number of rotatable bonds is 3. The number of H-pyrrole nitrogens is 1. The average Bonchev–Trinajstić information content (AvgIpc) is 2.82. The van der Waals surface area contributed by atoms with E-state index >= 15 is 0 Å². The molecule has 0 saturated heterocycles. The number of aromatic nitrogens is 2. The van der Waals surface area contributed by atoms with Crippen molar-refractivity contribution in [3.8, 4) is 0 Å². The molecule has 1 aliphatic rings. The number of halogens is 1. The molecule has 1 heterocycles. The van der Waals surface area contributed by atoms with Gasteiger partial charge in [0, 0.05) is 0 Å². The highest BCUT2D eigenvalue weighted by molar-refractivity contribution is 9.10. The van der Waals surface area contributed by atoms with Gasteiger partial charge in [0.05, 0.1) is 11.7 Å². The number of nitrogens with zero attached hydrogens (tertiary/aromatic N) is 1. The van der Waals surface area contributed by atoms with Gasteiger partial charge in [0.1, 0.15) is 4.47 Å². The van der Waals surface area contributed by atoms with Crippen LogP contribution >= 0.6 is 15.9 Å². The third-order valence-corrected chi connectivity index (χ3v) is 3.93. The van der Waals surface area contributed by atoms with Crippen molar-refractivity contribution in [2.24, 2.45) is 0 Å². The van der Waals surface area contributed by atoms with Gasteiger partial charge in [-0.15, -0.1) is 0 Å². The lowest BCUT2D eigenvalue weighted by Gasteiger charge is -2.09. The second-order valence-corrected chi connectivity index (χ2v) is 5.06. The van der Waals surface area contributed by atoms with Crippen LogP contribution in [0.15, 0.2) is 9.27 Å². The van der Waals surface area contributed by atoms with Crippen LogP contribution in [-0.4, -0.2) is 9.78 Å². The molecule has 0 amide bonds. The Balaban J connectivity index is 2.31. The molecular weight excluding hydrogens is 256 g/mol. The number of hydrogen-bond acceptors (Lipinski definition) is 1. The Bertz CT molecular complexity index is 388. The van der Waals surface area contributed by atoms with Crippen molar-refractivity contribution in [1.82, 2.24) is 9.78 Å². The van der Waals surface area contributed by atoms with Gasteiger partial charge in [-0.25, -0.2) is 4.68 Å². The van der Waals surface area contributed by atoms with Gasteiger partial charge in [0.2, 0.25) is 0 Å². The Labute approximate surface area is 98.0 Å². The van der Waals surface area contributed by atoms with Crippen LogP contribution in [0.1, 0.15) is 50.8 Å². The Morgan fingerprint density at radius 1 is 1.47 bits per heavy atom. The van der Waals surface area contributed by atoms with E-state index in [0.29, 0.717) is 6.04 Å². The summed E-state index contributed by atoms with van der Waals surface area (Å²) in [6, 6.07) is 0.402. The van der Waals surface area contributed by atoms with Crippen molar-refractivity contribution >= 4 is 15.9 Å². The minimum absolute atomic E-state index is 0.116. The monoisotopic (exact) mass is 272 g/mol. The van der Waals surface area contributed by atoms with Gasteiger partial charge in [-0.3, -0.25) is 9.89 Å². The first-order valence-electron chi connectivity index (χ1n) is 5.73. The molecule has 0 spiro atoms. The summed E-state index contributed by atoms with van der Waals surface area (Å²) in [6.07, 6.45) is 6.77. The zero-order chi connectivity index (χ0) is 10.8. The predicted octanol–water partition coefficient (Wildman–Crippen LogP) is 3.01. The lowest BCUT2D eigenvalue weighted by Crippen LogP contribution is -2.20. The Kier molecular flexibility index (Phi) is 3.34. The lowest BCUT2D eigenvalue weighted by molar-refractivity contribution is 0.450. The van der Waals surface area contributed by atoms with E-state index in [1.54, 1.807) is 0 Å². The maximum absolute atomic E-state index is 11.9. The van der Waals surface area contributed by atoms with Crippen LogP contribution in [0.3, 0.4) is 0 Å². The number of aromatic amines is 1. The van der Waals surface area contributed by atoms with Gasteiger partial charge in [-0.05, 0) is 35.2 Å². The van der Waals surface area contributed by atoms with Crippen molar-refractivity contribution in [2.75, 3.05) is 0 Å². The maximum atomic E-state index is 11.9. The van der Waals surface area contributed by atoms with Crippen molar-refractivity contribution in [3.63, 3.8) is 0 Å². The molecule has 1 aromatic rings. The summed E-state index contributed by atoms with van der Waals surface area (Å²) in [5, 5.41) is 3.25. The molecule has 0 aromatic carbocycles. The molecule has 0 radical (unpaired) electrons. The van der Waals surface area contributed by atoms with Gasteiger partial charge < -0.3 is 0 Å². The first-order chi connectivity index (χ1) is 7.24. The molecule has 0 unspecified atom stereocenters. The SMILES string of the molecule is CCCc1[nH]n(C2CCCC2)c(=O)c1Br. The number of aryl methyl sites for hydroxylation is 1. The Hall–Kier alpha value is -0.510. The standard InChI is InChI=1S/C11H17BrN2O/c1-2-5-9-10(12)11(15)14(13-9)8-6-3-4-7-8/h8,13H,2-7H2,1H3. The third-order valence-electron chi connectivity index (χ3n) is 3.12. The van der Waals surface area contributed by atoms with Crippen LogP contribution in [0, 0.1) is 0 Å². The number of nitrogens with one attached hydrogen (secondary N) is 1. The van der Waals surface area contributed by atoms with Gasteiger partial charge in [-0.2, -0.15) is 0 Å². The molecule has 3 nitrogen and oxygen atoms in total. The first-order valence-corrected chi connectivity index (χ1v) is 6.52. The minimum atomic E-state index is 0.116. The van der Waals surface area contributed by atoms with Crippen molar-refractivity contribution < 1.29 is 0 Å². The summed E-state index contributed by atoms with van der Waals surface area (Å²) >= 11 is 3.38. The van der Waals surface area contributed by atoms with Crippen LogP contribution in [0.2, 0.25) is 0 Å². The summed E-state index contributed by atoms with van der Waals surface area (Å²) in [5.41, 5.74) is 1.17. The molecule has 0 aliphatic heterocycles. The van der Waals surface area contributed by atoms with Gasteiger partial charge in [0.25, 0.3) is 5.56 Å². The molecule has 2 rings (SSSR count). The van der Waals surface area contributed by atoms with E-state index in [2.05, 4.69) is 28.0 Å². The molecule has 1 aliphatic carbocycles. The fourth-order valence-electron chi connectivity index (χ4n) is 2.32. The zero-order valence-electron chi connectivity index (χ0n) is 9.05. The maximum Gasteiger partial charge on any atom is 0.281 e. The lowest BCUT2D eigenvalue weighted by atomic mass is 10.2. The van der Waals surface area contributed by atoms with Crippen molar-refractivity contribution in [3.05, 3.63) is 20.5 Å². The molecule has 0 atom stereocenters. The van der Waals surface area contributed by atoms with Gasteiger partial charge in [-0.1, -0.05) is 26.2 Å². The molecule has 1 fully saturated rings. The number of hydrogen-bond donors (Lipinski definition) is 1. The molecule has 1 aromatic heterocycles. The highest BCUT2D eigenvalue weighted by atomic mass is 79.9. The van der Waals surface area contributed by atoms with E-state index in [1.165, 1.54) is 12.8 Å². The van der Waals surface area contributed by atoms with E-state index in [0.717, 1.165) is 35.8 Å². The predicted molar refractivity (Wildman–Crippen MR) is 64.3 cm³/mol. The fourth-order valence-corrected chi connectivity index (χ4v) is 2.79. The molecule has 4 heteroatoms. The first kappa shape index (κ1) is 11.0. The second-order valence-electron chi connectivity index (χ2n) is 4.27. The van der Waals surface area contributed by atoms with Crippen LogP contribution in [0.25, 0.3) is 0 Å². The summed E-state index contributed by atoms with van der Waals surface area (Å²) in [6.45, 7) is 2.12. The van der Waals surface area contributed by atoms with Crippen molar-refractivity contribution in [2.45, 2.75) is 51.5 Å². The molecule has 1 N–H and O–H groups in total. The molecule has 1 saturated carbocycles. The second kappa shape index (κ2) is 4.56. The summed E-state index contributed by atoms with van der Waals surface area (Å²) < 4.78 is 2.55. The average molecular weight is 273 g/mol. The van der Waals surface area contributed by atoms with E-state index < -0.39 is 0 Å². The van der Waals surface area contributed by atoms with E-state index in [-0.39, 0.29) is 5.56 Å². The normalized spacial score (nSPS) is 17.5. The molecule has 0 bridgehead atoms. The largest absolute Gasteiger partial charge is 0.298 e. The smallest absolute Gasteiger partial charge is 0.281 e. The molecule has 15 heavy (non-hydrogen) atoms. The fraction of sp³-hybridized carbons (Fsp3) is 0.727. The van der Waals surface area contributed by atoms with Crippen molar-refractivity contribution in [1.29, 1.82) is 0 Å². The highest BCUT2D eigenvalue weighted by Gasteiger charge is 2.21. The Morgan fingerprint density at radius 2 is 2.13 bits per heavy atom. The molecule has 84 valence electrons. The molecular formula is C11H17BrN2O. The Morgan fingerprint density at radius 3 is 2.73 bits per heavy atom. The summed E-state index contributed by atoms with van der Waals surface area (Å²) in [5.74, 6) is 0. The summed E-state index contributed by atoms with van der Waals surface area (Å²) in [7, 11) is 0. The topological polar surface area (TPSA) is 37.8 Å². The van der Waals surface area contributed by atoms with Gasteiger partial charge in [0.15, 0.2) is 0 Å². The summed E-state index contributed by atoms with van der Waals surface area (Å²) in [4.78, 5) is 11.9. The van der Waals surface area contributed by atoms with Gasteiger partial charge >= 0.3 is 0 Å². The zero-order valence-corrected chi connectivity index (χ0v) is 10.6. The van der Waals surface area contributed by atoms with Crippen LogP contribution in [0.5, 0.6) is 0 Å².